The highest BCUT2D eigenvalue weighted by Crippen LogP contribution is 2.25. The lowest BCUT2D eigenvalue weighted by Gasteiger charge is -2.04. The van der Waals surface area contributed by atoms with Gasteiger partial charge in [-0.3, -0.25) is 9.59 Å². The average molecular weight is 349 g/mol. The van der Waals surface area contributed by atoms with Crippen LogP contribution in [0.2, 0.25) is 0 Å². The third kappa shape index (κ3) is 3.97. The van der Waals surface area contributed by atoms with Crippen LogP contribution in [0.25, 0.3) is 17.0 Å². The molecule has 132 valence electrons. The average Bonchev–Trinajstić information content (AvgIpc) is 3.34. The lowest BCUT2D eigenvalue weighted by atomic mass is 10.1. The number of benzene rings is 1. The number of carbonyl (C=O) groups excluding carboxylic acids is 2. The number of nitrogens with zero attached hydrogens (tertiary/aromatic N) is 2. The minimum atomic E-state index is -0.117. The number of nitrogens with one attached hydrogen (secondary N) is 1. The maximum Gasteiger partial charge on any atom is 0.220 e. The Bertz CT molecular complexity index is 893. The van der Waals surface area contributed by atoms with Gasteiger partial charge in [-0.05, 0) is 42.8 Å². The van der Waals surface area contributed by atoms with Crippen molar-refractivity contribution in [2.75, 3.05) is 0 Å². The molecule has 1 aromatic carbocycles. The maximum absolute atomic E-state index is 11.7. The first kappa shape index (κ1) is 17.4. The summed E-state index contributed by atoms with van der Waals surface area (Å²) in [5, 5.41) is 2.72. The summed E-state index contributed by atoms with van der Waals surface area (Å²) in [7, 11) is 0. The smallest absolute Gasteiger partial charge is 0.220 e. The highest BCUT2D eigenvalue weighted by molar-refractivity contribution is 5.82. The zero-order valence-electron chi connectivity index (χ0n) is 14.2. The number of oxazole rings is 1. The first-order valence-corrected chi connectivity index (χ1v) is 8.27. The van der Waals surface area contributed by atoms with Crippen LogP contribution in [-0.2, 0) is 11.3 Å². The fourth-order valence-corrected chi connectivity index (χ4v) is 2.53. The molecule has 6 heteroatoms. The number of allylic oxidation sites excluding steroid dienone is 1. The van der Waals surface area contributed by atoms with Crippen LogP contribution in [0.3, 0.4) is 0 Å². The summed E-state index contributed by atoms with van der Waals surface area (Å²) in [4.78, 5) is 27.1. The van der Waals surface area contributed by atoms with E-state index in [9.17, 15) is 9.59 Å². The monoisotopic (exact) mass is 349 g/mol. The van der Waals surface area contributed by atoms with E-state index in [1.807, 2.05) is 53.4 Å². The highest BCUT2D eigenvalue weighted by Gasteiger charge is 2.15. The molecule has 0 saturated carbocycles. The zero-order valence-corrected chi connectivity index (χ0v) is 14.2. The standard InChI is InChI=1S/C20H19N3O3/c1-2-3-6-18(25)21-13-19-22-17(14-24)20(26-19)15-7-9-16(10-8-15)23-11-4-5-12-23/h2,4-5,7-12,14H,1,3,6,13H2,(H,21,25). The van der Waals surface area contributed by atoms with Crippen molar-refractivity contribution in [2.24, 2.45) is 0 Å². The molecule has 0 fully saturated rings. The highest BCUT2D eigenvalue weighted by atomic mass is 16.4. The van der Waals surface area contributed by atoms with E-state index in [2.05, 4.69) is 16.9 Å². The van der Waals surface area contributed by atoms with Gasteiger partial charge in [-0.25, -0.2) is 4.98 Å². The molecule has 3 aromatic rings. The molecule has 26 heavy (non-hydrogen) atoms. The van der Waals surface area contributed by atoms with Gasteiger partial charge >= 0.3 is 0 Å². The molecule has 0 aliphatic rings. The summed E-state index contributed by atoms with van der Waals surface area (Å²) < 4.78 is 7.67. The van der Waals surface area contributed by atoms with Gasteiger partial charge in [-0.1, -0.05) is 6.08 Å². The van der Waals surface area contributed by atoms with Crippen molar-refractivity contribution in [3.63, 3.8) is 0 Å². The summed E-state index contributed by atoms with van der Waals surface area (Å²) in [6.45, 7) is 3.72. The number of amides is 1. The van der Waals surface area contributed by atoms with E-state index in [-0.39, 0.29) is 18.1 Å². The molecule has 6 nitrogen and oxygen atoms in total. The second kappa shape index (κ2) is 8.11. The molecule has 1 amide bonds. The van der Waals surface area contributed by atoms with Gasteiger partial charge in [0, 0.05) is 30.1 Å². The Labute approximate surface area is 151 Å². The molecule has 0 unspecified atom stereocenters. The van der Waals surface area contributed by atoms with Crippen LogP contribution in [-0.4, -0.2) is 21.7 Å². The normalized spacial score (nSPS) is 10.5. The van der Waals surface area contributed by atoms with E-state index in [1.54, 1.807) is 6.08 Å². The van der Waals surface area contributed by atoms with Gasteiger partial charge in [0.05, 0.1) is 6.54 Å². The van der Waals surface area contributed by atoms with Crippen molar-refractivity contribution >= 4 is 12.2 Å². The molecule has 2 heterocycles. The quantitative estimate of drug-likeness (QED) is 0.498. The summed E-state index contributed by atoms with van der Waals surface area (Å²) in [6, 6.07) is 11.5. The Morgan fingerprint density at radius 3 is 2.62 bits per heavy atom. The second-order valence-electron chi connectivity index (χ2n) is 5.68. The Balaban J connectivity index is 1.75. The Kier molecular flexibility index (Phi) is 5.43. The molecule has 3 rings (SSSR count). The fourth-order valence-electron chi connectivity index (χ4n) is 2.53. The second-order valence-corrected chi connectivity index (χ2v) is 5.68. The van der Waals surface area contributed by atoms with Gasteiger partial charge in [-0.2, -0.15) is 0 Å². The van der Waals surface area contributed by atoms with E-state index in [0.29, 0.717) is 30.8 Å². The van der Waals surface area contributed by atoms with Crippen LogP contribution in [0.15, 0.2) is 65.9 Å². The zero-order chi connectivity index (χ0) is 18.4. The van der Waals surface area contributed by atoms with E-state index in [0.717, 1.165) is 11.3 Å². The number of carbonyl (C=O) groups is 2. The van der Waals surface area contributed by atoms with Crippen LogP contribution in [0.4, 0.5) is 0 Å². The van der Waals surface area contributed by atoms with Gasteiger partial charge in [0.1, 0.15) is 5.69 Å². The summed E-state index contributed by atoms with van der Waals surface area (Å²) >= 11 is 0. The first-order chi connectivity index (χ1) is 12.7. The molecule has 0 saturated heterocycles. The Hall–Kier alpha value is -3.41. The molecular weight excluding hydrogens is 330 g/mol. The summed E-state index contributed by atoms with van der Waals surface area (Å²) in [5.41, 5.74) is 1.97. The lowest BCUT2D eigenvalue weighted by molar-refractivity contribution is -0.121. The van der Waals surface area contributed by atoms with Gasteiger partial charge in [-0.15, -0.1) is 6.58 Å². The third-order valence-corrected chi connectivity index (χ3v) is 3.85. The molecule has 0 aliphatic heterocycles. The van der Waals surface area contributed by atoms with Crippen LogP contribution in [0.1, 0.15) is 29.2 Å². The minimum absolute atomic E-state index is 0.117. The molecule has 0 radical (unpaired) electrons. The van der Waals surface area contributed by atoms with Crippen LogP contribution < -0.4 is 5.32 Å². The maximum atomic E-state index is 11.7. The predicted octanol–water partition coefficient (Wildman–Crippen LogP) is 3.53. The SMILES string of the molecule is C=CCCC(=O)NCc1nc(C=O)c(-c2ccc(-n3cccc3)cc2)o1. The minimum Gasteiger partial charge on any atom is -0.438 e. The van der Waals surface area contributed by atoms with Crippen molar-refractivity contribution in [1.82, 2.24) is 14.9 Å². The largest absolute Gasteiger partial charge is 0.438 e. The number of hydrogen-bond acceptors (Lipinski definition) is 4. The summed E-state index contributed by atoms with van der Waals surface area (Å²) in [6.07, 6.45) is 7.21. The number of hydrogen-bond donors (Lipinski definition) is 1. The predicted molar refractivity (Wildman–Crippen MR) is 97.9 cm³/mol. The van der Waals surface area contributed by atoms with Crippen LogP contribution in [0, 0.1) is 0 Å². The van der Waals surface area contributed by atoms with E-state index in [4.69, 9.17) is 4.42 Å². The first-order valence-electron chi connectivity index (χ1n) is 8.27. The molecule has 1 N–H and O–H groups in total. The molecule has 0 spiro atoms. The van der Waals surface area contributed by atoms with E-state index in [1.165, 1.54) is 0 Å². The van der Waals surface area contributed by atoms with Crippen molar-refractivity contribution in [1.29, 1.82) is 0 Å². The number of rotatable bonds is 8. The lowest BCUT2D eigenvalue weighted by Crippen LogP contribution is -2.22. The van der Waals surface area contributed by atoms with Crippen molar-refractivity contribution < 1.29 is 14.0 Å². The van der Waals surface area contributed by atoms with Crippen molar-refractivity contribution in [3.8, 4) is 17.0 Å². The van der Waals surface area contributed by atoms with Crippen LogP contribution in [0.5, 0.6) is 0 Å². The number of aldehydes is 1. The third-order valence-electron chi connectivity index (χ3n) is 3.85. The molecular formula is C20H19N3O3. The Morgan fingerprint density at radius 2 is 1.96 bits per heavy atom. The molecule has 0 bridgehead atoms. The van der Waals surface area contributed by atoms with Gasteiger partial charge in [0.2, 0.25) is 11.8 Å². The van der Waals surface area contributed by atoms with Crippen molar-refractivity contribution in [2.45, 2.75) is 19.4 Å². The topological polar surface area (TPSA) is 77.1 Å². The number of aromatic nitrogens is 2. The van der Waals surface area contributed by atoms with Gasteiger partial charge in [0.15, 0.2) is 12.0 Å². The van der Waals surface area contributed by atoms with Gasteiger partial charge < -0.3 is 14.3 Å². The molecule has 0 atom stereocenters. The fraction of sp³-hybridized carbons (Fsp3) is 0.150. The summed E-state index contributed by atoms with van der Waals surface area (Å²) in [5.74, 6) is 0.575. The molecule has 2 aromatic heterocycles. The van der Waals surface area contributed by atoms with Crippen molar-refractivity contribution in [3.05, 3.63) is 73.0 Å². The van der Waals surface area contributed by atoms with E-state index >= 15 is 0 Å². The van der Waals surface area contributed by atoms with E-state index < -0.39 is 0 Å². The van der Waals surface area contributed by atoms with Crippen LogP contribution >= 0.6 is 0 Å². The Morgan fingerprint density at radius 1 is 1.23 bits per heavy atom. The molecule has 0 aliphatic carbocycles. The van der Waals surface area contributed by atoms with Gasteiger partial charge in [0.25, 0.3) is 0 Å².